The predicted octanol–water partition coefficient (Wildman–Crippen LogP) is 3.28. The summed E-state index contributed by atoms with van der Waals surface area (Å²) in [6.07, 6.45) is 4.95. The van der Waals surface area contributed by atoms with Crippen molar-refractivity contribution in [3.05, 3.63) is 42.2 Å². The van der Waals surface area contributed by atoms with Gasteiger partial charge in [0, 0.05) is 50.0 Å². The van der Waals surface area contributed by atoms with E-state index in [1.807, 2.05) is 19.2 Å². The second-order valence-corrected chi connectivity index (χ2v) is 4.88. The van der Waals surface area contributed by atoms with Gasteiger partial charge in [0.25, 0.3) is 0 Å². The van der Waals surface area contributed by atoms with E-state index in [0.29, 0.717) is 13.0 Å². The molecule has 2 N–H and O–H groups in total. The van der Waals surface area contributed by atoms with Gasteiger partial charge < -0.3 is 10.3 Å². The summed E-state index contributed by atoms with van der Waals surface area (Å²) in [5, 5.41) is 5.13. The van der Waals surface area contributed by atoms with Crippen LogP contribution in [0.4, 0.5) is 0 Å². The van der Waals surface area contributed by atoms with Gasteiger partial charge in [-0.1, -0.05) is 12.1 Å². The van der Waals surface area contributed by atoms with Gasteiger partial charge in [0.15, 0.2) is 0 Å². The van der Waals surface area contributed by atoms with Gasteiger partial charge in [-0.05, 0) is 31.0 Å². The number of nitrogens with zero attached hydrogens (tertiary/aromatic N) is 1. The monoisotopic (exact) mass is 271 g/mol. The van der Waals surface area contributed by atoms with E-state index in [1.54, 1.807) is 6.20 Å². The summed E-state index contributed by atoms with van der Waals surface area (Å²) in [5.74, 6) is 0.105. The van der Waals surface area contributed by atoms with Crippen LogP contribution in [0.5, 0.6) is 0 Å². The first-order valence-electron chi connectivity index (χ1n) is 6.89. The Morgan fingerprint density at radius 3 is 3.05 bits per heavy atom. The van der Waals surface area contributed by atoms with Crippen LogP contribution in [0.2, 0.25) is 0 Å². The van der Waals surface area contributed by atoms with Gasteiger partial charge in [-0.3, -0.25) is 9.78 Å². The number of nitrogens with one attached hydrogen (secondary N) is 2. The smallest absolute Gasteiger partial charge is 0.220 e. The second kappa shape index (κ2) is 5.33. The molecule has 1 amide bonds. The number of amides is 1. The number of pyridine rings is 1. The average molecular weight is 271 g/mol. The van der Waals surface area contributed by atoms with Gasteiger partial charge in [-0.15, -0.1) is 0 Å². The fraction of sp³-hybridized carbons (Fsp3) is 0.250. The molecule has 0 saturated carbocycles. The van der Waals surface area contributed by atoms with Gasteiger partial charge in [0.2, 0.25) is 5.91 Å². The Balaban J connectivity index is 0.00000121. The quantitative estimate of drug-likeness (QED) is 0.765. The molecular weight excluding hydrogens is 250 g/mol. The van der Waals surface area contributed by atoms with Crippen molar-refractivity contribution in [3.8, 4) is 0 Å². The molecular formula is C16H21N3O. The number of carbonyl (C=O) groups is 1. The molecule has 0 fully saturated rings. The van der Waals surface area contributed by atoms with Crippen molar-refractivity contribution in [3.63, 3.8) is 0 Å². The van der Waals surface area contributed by atoms with Crippen molar-refractivity contribution in [1.82, 2.24) is 15.3 Å². The highest BCUT2D eigenvalue weighted by Gasteiger charge is 2.06. The minimum absolute atomic E-state index is 0. The summed E-state index contributed by atoms with van der Waals surface area (Å²) >= 11 is 0. The minimum atomic E-state index is 0. The fourth-order valence-corrected chi connectivity index (χ4v) is 2.49. The van der Waals surface area contributed by atoms with E-state index < -0.39 is 0 Å². The Bertz CT molecular complexity index is 770. The van der Waals surface area contributed by atoms with Crippen LogP contribution < -0.4 is 5.32 Å². The van der Waals surface area contributed by atoms with Crippen molar-refractivity contribution < 1.29 is 7.65 Å². The number of fused-ring (bicyclic) bond motifs is 3. The molecule has 0 saturated heterocycles. The molecule has 3 aromatic rings. The van der Waals surface area contributed by atoms with E-state index in [9.17, 15) is 4.79 Å². The van der Waals surface area contributed by atoms with E-state index in [4.69, 9.17) is 0 Å². The van der Waals surface area contributed by atoms with Gasteiger partial charge in [0.05, 0.1) is 0 Å². The highest BCUT2D eigenvalue weighted by atomic mass is 16.1. The molecule has 0 aliphatic carbocycles. The van der Waals surface area contributed by atoms with Gasteiger partial charge in [-0.2, -0.15) is 0 Å². The molecule has 106 valence electrons. The molecule has 0 aliphatic rings. The third-order valence-electron chi connectivity index (χ3n) is 3.48. The van der Waals surface area contributed by atoms with Crippen molar-refractivity contribution >= 4 is 27.7 Å². The predicted molar refractivity (Wildman–Crippen MR) is 84.8 cm³/mol. The van der Waals surface area contributed by atoms with Gasteiger partial charge in [-0.25, -0.2) is 0 Å². The third kappa shape index (κ3) is 2.37. The summed E-state index contributed by atoms with van der Waals surface area (Å²) in [7, 11) is 0. The Kier molecular flexibility index (Phi) is 3.37. The number of aromatic nitrogens is 2. The Morgan fingerprint density at radius 2 is 2.20 bits per heavy atom. The number of aromatic amines is 1. The third-order valence-corrected chi connectivity index (χ3v) is 3.48. The van der Waals surface area contributed by atoms with Crippen LogP contribution in [-0.4, -0.2) is 22.4 Å². The zero-order valence-corrected chi connectivity index (χ0v) is 11.4. The number of hydrogen-bond donors (Lipinski definition) is 2. The zero-order chi connectivity index (χ0) is 13.9. The lowest BCUT2D eigenvalue weighted by Gasteiger charge is -2.03. The molecule has 4 heteroatoms. The maximum atomic E-state index is 11.5. The molecule has 0 bridgehead atoms. The average Bonchev–Trinajstić information content (AvgIpc) is 2.83. The van der Waals surface area contributed by atoms with E-state index in [0.717, 1.165) is 22.8 Å². The van der Waals surface area contributed by atoms with Crippen LogP contribution in [0, 0.1) is 0 Å². The van der Waals surface area contributed by atoms with Crippen LogP contribution >= 0.6 is 0 Å². The summed E-state index contributed by atoms with van der Waals surface area (Å²) in [6, 6.07) is 8.28. The second-order valence-electron chi connectivity index (χ2n) is 4.88. The van der Waals surface area contributed by atoms with Crippen molar-refractivity contribution in [2.45, 2.75) is 19.8 Å². The molecule has 0 aliphatic heterocycles. The SMILES string of the molecule is CCNC(=O)CCc1ccc2c(c1)[nH]c1ccncc12.[HH].[HH]. The van der Waals surface area contributed by atoms with Crippen LogP contribution in [0.1, 0.15) is 21.8 Å². The van der Waals surface area contributed by atoms with Crippen molar-refractivity contribution in [2.24, 2.45) is 0 Å². The topological polar surface area (TPSA) is 57.8 Å². The maximum Gasteiger partial charge on any atom is 0.220 e. The zero-order valence-electron chi connectivity index (χ0n) is 11.4. The molecule has 0 atom stereocenters. The van der Waals surface area contributed by atoms with Crippen molar-refractivity contribution in [1.29, 1.82) is 0 Å². The van der Waals surface area contributed by atoms with E-state index in [2.05, 4.69) is 33.5 Å². The van der Waals surface area contributed by atoms with Gasteiger partial charge in [0.1, 0.15) is 0 Å². The lowest BCUT2D eigenvalue weighted by Crippen LogP contribution is -2.22. The Hall–Kier alpha value is -2.36. The van der Waals surface area contributed by atoms with Crippen LogP contribution in [-0.2, 0) is 11.2 Å². The number of H-pyrrole nitrogens is 1. The molecule has 0 radical (unpaired) electrons. The first kappa shape index (κ1) is 12.7. The summed E-state index contributed by atoms with van der Waals surface area (Å²) in [5.41, 5.74) is 3.36. The Morgan fingerprint density at radius 1 is 1.30 bits per heavy atom. The number of rotatable bonds is 4. The fourth-order valence-electron chi connectivity index (χ4n) is 2.49. The standard InChI is InChI=1S/C16H17N3O.2H2/c1-2-18-16(20)6-4-11-3-5-12-13-10-17-8-7-14(13)19-15(12)9-11;;/h3,5,7-10,19H,2,4,6H2,1H3,(H,18,20);2*1H. The minimum Gasteiger partial charge on any atom is -0.356 e. The molecule has 20 heavy (non-hydrogen) atoms. The normalized spacial score (nSPS) is 11.1. The number of hydrogen-bond acceptors (Lipinski definition) is 2. The summed E-state index contributed by atoms with van der Waals surface area (Å²) in [6.45, 7) is 2.62. The lowest BCUT2D eigenvalue weighted by molar-refractivity contribution is -0.120. The number of aryl methyl sites for hydroxylation is 1. The van der Waals surface area contributed by atoms with E-state index in [-0.39, 0.29) is 8.76 Å². The van der Waals surface area contributed by atoms with Gasteiger partial charge >= 0.3 is 0 Å². The van der Waals surface area contributed by atoms with Crippen molar-refractivity contribution in [2.75, 3.05) is 6.54 Å². The molecule has 2 aromatic heterocycles. The van der Waals surface area contributed by atoms with E-state index in [1.165, 1.54) is 10.9 Å². The molecule has 2 heterocycles. The highest BCUT2D eigenvalue weighted by molar-refractivity contribution is 6.06. The molecule has 0 unspecified atom stereocenters. The Labute approximate surface area is 120 Å². The summed E-state index contributed by atoms with van der Waals surface area (Å²) < 4.78 is 0. The molecule has 3 rings (SSSR count). The maximum absolute atomic E-state index is 11.5. The number of benzene rings is 1. The molecule has 0 spiro atoms. The number of carbonyl (C=O) groups excluding carboxylic acids is 1. The van der Waals surface area contributed by atoms with Crippen LogP contribution in [0.3, 0.4) is 0 Å². The van der Waals surface area contributed by atoms with E-state index >= 15 is 0 Å². The van der Waals surface area contributed by atoms with Crippen LogP contribution in [0.15, 0.2) is 36.7 Å². The van der Waals surface area contributed by atoms with Crippen LogP contribution in [0.25, 0.3) is 21.8 Å². The summed E-state index contributed by atoms with van der Waals surface area (Å²) in [4.78, 5) is 19.0. The largest absolute Gasteiger partial charge is 0.356 e. The first-order chi connectivity index (χ1) is 9.78. The first-order valence-corrected chi connectivity index (χ1v) is 6.89. The molecule has 4 nitrogen and oxygen atoms in total. The highest BCUT2D eigenvalue weighted by Crippen LogP contribution is 2.25. The lowest BCUT2D eigenvalue weighted by atomic mass is 10.1. The molecule has 1 aromatic carbocycles.